The highest BCUT2D eigenvalue weighted by Crippen LogP contribution is 2.36. The topological polar surface area (TPSA) is 55.8 Å². The number of rotatable bonds is 9. The Balaban J connectivity index is 1.91. The number of ether oxygens (including phenoxy) is 2. The molecular weight excluding hydrogens is 483 g/mol. The van der Waals surface area contributed by atoms with E-state index in [9.17, 15) is 22.8 Å². The molecule has 37 heavy (non-hydrogen) atoms. The van der Waals surface area contributed by atoms with Gasteiger partial charge in [-0.1, -0.05) is 60.2 Å². The van der Waals surface area contributed by atoms with Gasteiger partial charge >= 0.3 is 18.2 Å². The van der Waals surface area contributed by atoms with Gasteiger partial charge in [-0.15, -0.1) is 0 Å². The first-order valence-corrected chi connectivity index (χ1v) is 12.0. The zero-order valence-electron chi connectivity index (χ0n) is 21.1. The van der Waals surface area contributed by atoms with E-state index in [4.69, 9.17) is 9.47 Å². The third-order valence-electron chi connectivity index (χ3n) is 5.83. The lowest BCUT2D eigenvalue weighted by atomic mass is 9.93. The number of esters is 1. The van der Waals surface area contributed by atoms with Crippen LogP contribution in [0.3, 0.4) is 0 Å². The first-order chi connectivity index (χ1) is 17.6. The Labute approximate surface area is 214 Å². The number of carbonyl (C=O) groups is 2. The van der Waals surface area contributed by atoms with Crippen molar-refractivity contribution in [1.29, 1.82) is 0 Å². The third kappa shape index (κ3) is 7.59. The number of aryl methyl sites for hydroxylation is 1. The fraction of sp³-hybridized carbons (Fsp3) is 0.310. The molecule has 0 saturated heterocycles. The van der Waals surface area contributed by atoms with Crippen molar-refractivity contribution >= 4 is 12.1 Å². The normalized spacial score (nSPS) is 11.2. The second-order valence-corrected chi connectivity index (χ2v) is 8.57. The van der Waals surface area contributed by atoms with E-state index < -0.39 is 30.2 Å². The van der Waals surface area contributed by atoms with E-state index in [2.05, 4.69) is 0 Å². The summed E-state index contributed by atoms with van der Waals surface area (Å²) in [5.41, 5.74) is 2.69. The fourth-order valence-corrected chi connectivity index (χ4v) is 4.01. The van der Waals surface area contributed by atoms with E-state index in [0.717, 1.165) is 22.8 Å². The second kappa shape index (κ2) is 12.4. The molecule has 5 nitrogen and oxygen atoms in total. The Morgan fingerprint density at radius 1 is 0.892 bits per heavy atom. The van der Waals surface area contributed by atoms with Crippen molar-refractivity contribution in [3.8, 4) is 11.1 Å². The van der Waals surface area contributed by atoms with Crippen molar-refractivity contribution in [2.24, 2.45) is 0 Å². The van der Waals surface area contributed by atoms with Crippen molar-refractivity contribution in [3.63, 3.8) is 0 Å². The SMILES string of the molecule is CCOC(=O)Cc1cc(-c2ccc(C)cc2CN(CC)C(=O)OCc2ccccc2)ccc1C(F)(F)F. The lowest BCUT2D eigenvalue weighted by molar-refractivity contribution is -0.143. The van der Waals surface area contributed by atoms with Crippen LogP contribution in [0.4, 0.5) is 18.0 Å². The van der Waals surface area contributed by atoms with Crippen LogP contribution in [-0.2, 0) is 40.0 Å². The number of hydrogen-bond acceptors (Lipinski definition) is 4. The number of carbonyl (C=O) groups excluding carboxylic acids is 2. The van der Waals surface area contributed by atoms with Gasteiger partial charge in [0.1, 0.15) is 6.61 Å². The largest absolute Gasteiger partial charge is 0.466 e. The molecule has 0 aromatic heterocycles. The van der Waals surface area contributed by atoms with E-state index >= 15 is 0 Å². The van der Waals surface area contributed by atoms with Crippen LogP contribution < -0.4 is 0 Å². The summed E-state index contributed by atoms with van der Waals surface area (Å²) in [5, 5.41) is 0. The molecule has 0 bridgehead atoms. The number of amides is 1. The molecule has 3 rings (SSSR count). The molecule has 196 valence electrons. The molecule has 0 heterocycles. The third-order valence-corrected chi connectivity index (χ3v) is 5.83. The van der Waals surface area contributed by atoms with E-state index in [1.807, 2.05) is 62.4 Å². The van der Waals surface area contributed by atoms with E-state index in [0.29, 0.717) is 17.7 Å². The summed E-state index contributed by atoms with van der Waals surface area (Å²) in [7, 11) is 0. The van der Waals surface area contributed by atoms with E-state index in [1.54, 1.807) is 6.92 Å². The standard InChI is InChI=1S/C29H30F3NO4/c1-4-33(28(35)37-19-21-9-7-6-8-10-21)18-24-15-20(3)11-13-25(24)22-12-14-26(29(30,31)32)23(16-22)17-27(34)36-5-2/h6-16H,4-5,17-19H2,1-3H3. The molecular formula is C29H30F3NO4. The van der Waals surface area contributed by atoms with Crippen molar-refractivity contribution < 1.29 is 32.2 Å². The molecule has 0 aliphatic carbocycles. The van der Waals surface area contributed by atoms with Gasteiger partial charge < -0.3 is 14.4 Å². The van der Waals surface area contributed by atoms with Crippen molar-refractivity contribution in [2.75, 3.05) is 13.2 Å². The molecule has 0 saturated carbocycles. The fourth-order valence-electron chi connectivity index (χ4n) is 4.01. The predicted octanol–water partition coefficient (Wildman–Crippen LogP) is 6.95. The molecule has 0 spiro atoms. The van der Waals surface area contributed by atoms with Gasteiger partial charge in [-0.25, -0.2) is 4.79 Å². The van der Waals surface area contributed by atoms with Crippen LogP contribution >= 0.6 is 0 Å². The van der Waals surface area contributed by atoms with Gasteiger partial charge in [-0.3, -0.25) is 4.79 Å². The summed E-state index contributed by atoms with van der Waals surface area (Å²) < 4.78 is 51.3. The monoisotopic (exact) mass is 513 g/mol. The number of halogens is 3. The van der Waals surface area contributed by atoms with Crippen molar-refractivity contribution in [1.82, 2.24) is 4.90 Å². The highest BCUT2D eigenvalue weighted by Gasteiger charge is 2.34. The molecule has 0 aliphatic heterocycles. The number of benzene rings is 3. The zero-order chi connectivity index (χ0) is 27.0. The van der Waals surface area contributed by atoms with Gasteiger partial charge in [0.25, 0.3) is 0 Å². The van der Waals surface area contributed by atoms with Gasteiger partial charge in [0, 0.05) is 13.1 Å². The Bertz CT molecular complexity index is 1230. The van der Waals surface area contributed by atoms with Gasteiger partial charge in [0.2, 0.25) is 0 Å². The lowest BCUT2D eigenvalue weighted by Gasteiger charge is -2.23. The van der Waals surface area contributed by atoms with Crippen LogP contribution in [0.5, 0.6) is 0 Å². The van der Waals surface area contributed by atoms with Crippen LogP contribution in [0, 0.1) is 6.92 Å². The van der Waals surface area contributed by atoms with Gasteiger partial charge in [-0.05, 0) is 60.7 Å². The van der Waals surface area contributed by atoms with Crippen LogP contribution in [0.2, 0.25) is 0 Å². The highest BCUT2D eigenvalue weighted by atomic mass is 19.4. The summed E-state index contributed by atoms with van der Waals surface area (Å²) in [4.78, 5) is 26.4. The summed E-state index contributed by atoms with van der Waals surface area (Å²) in [6.45, 7) is 6.12. The number of alkyl halides is 3. The molecule has 0 radical (unpaired) electrons. The van der Waals surface area contributed by atoms with Crippen LogP contribution in [0.25, 0.3) is 11.1 Å². The summed E-state index contributed by atoms with van der Waals surface area (Å²) in [6.07, 6.45) is -5.60. The maximum Gasteiger partial charge on any atom is 0.416 e. The Hall–Kier alpha value is -3.81. The van der Waals surface area contributed by atoms with Crippen molar-refractivity contribution in [3.05, 3.63) is 94.5 Å². The molecule has 0 atom stereocenters. The molecule has 8 heteroatoms. The minimum absolute atomic E-state index is 0.0786. The Morgan fingerprint density at radius 2 is 1.62 bits per heavy atom. The second-order valence-electron chi connectivity index (χ2n) is 8.57. The van der Waals surface area contributed by atoms with Crippen LogP contribution in [0.15, 0.2) is 66.7 Å². The molecule has 0 N–H and O–H groups in total. The first-order valence-electron chi connectivity index (χ1n) is 12.0. The minimum atomic E-state index is -4.61. The molecule has 0 aliphatic rings. The smallest absolute Gasteiger partial charge is 0.416 e. The van der Waals surface area contributed by atoms with Gasteiger partial charge in [0.05, 0.1) is 18.6 Å². The van der Waals surface area contributed by atoms with E-state index in [-0.39, 0.29) is 25.3 Å². The van der Waals surface area contributed by atoms with E-state index in [1.165, 1.54) is 17.0 Å². The maximum atomic E-state index is 13.6. The zero-order valence-corrected chi connectivity index (χ0v) is 21.1. The van der Waals surface area contributed by atoms with Gasteiger partial charge in [0.15, 0.2) is 0 Å². The Morgan fingerprint density at radius 3 is 2.27 bits per heavy atom. The summed E-state index contributed by atoms with van der Waals surface area (Å²) in [5.74, 6) is -0.729. The molecule has 0 fully saturated rings. The lowest BCUT2D eigenvalue weighted by Crippen LogP contribution is -2.31. The maximum absolute atomic E-state index is 13.6. The Kier molecular flexibility index (Phi) is 9.33. The molecule has 3 aromatic carbocycles. The first kappa shape index (κ1) is 27.8. The van der Waals surface area contributed by atoms with Crippen LogP contribution in [0.1, 0.15) is 41.7 Å². The minimum Gasteiger partial charge on any atom is -0.466 e. The highest BCUT2D eigenvalue weighted by molar-refractivity contribution is 5.76. The molecule has 3 aromatic rings. The predicted molar refractivity (Wildman–Crippen MR) is 135 cm³/mol. The van der Waals surface area contributed by atoms with Gasteiger partial charge in [-0.2, -0.15) is 13.2 Å². The number of hydrogen-bond donors (Lipinski definition) is 0. The summed E-state index contributed by atoms with van der Waals surface area (Å²) in [6, 6.07) is 18.6. The van der Waals surface area contributed by atoms with Crippen molar-refractivity contribution in [2.45, 2.75) is 46.5 Å². The number of nitrogens with zero attached hydrogens (tertiary/aromatic N) is 1. The summed E-state index contributed by atoms with van der Waals surface area (Å²) >= 11 is 0. The van der Waals surface area contributed by atoms with Crippen LogP contribution in [-0.4, -0.2) is 30.1 Å². The quantitative estimate of drug-likeness (QED) is 0.291. The molecule has 1 amide bonds. The average molecular weight is 514 g/mol. The molecule has 0 unspecified atom stereocenters. The average Bonchev–Trinajstić information content (AvgIpc) is 2.86.